The molecule has 0 aromatic heterocycles. The summed E-state index contributed by atoms with van der Waals surface area (Å²) in [6.07, 6.45) is 5.21. The van der Waals surface area contributed by atoms with E-state index in [0.717, 1.165) is 7.25 Å². The Hall–Kier alpha value is -0.963. The molecule has 5 heteroatoms. The van der Waals surface area contributed by atoms with Crippen LogP contribution in [0.15, 0.2) is 83.9 Å². The van der Waals surface area contributed by atoms with E-state index in [0.29, 0.717) is 0 Å². The van der Waals surface area contributed by atoms with Crippen LogP contribution in [0.4, 0.5) is 0 Å². The van der Waals surface area contributed by atoms with Gasteiger partial charge in [0.25, 0.3) is 0 Å². The first kappa shape index (κ1) is 25.7. The zero-order chi connectivity index (χ0) is 22.2. The summed E-state index contributed by atoms with van der Waals surface area (Å²) >= 11 is -2.60. The smallest absolute Gasteiger partial charge is 1.00 e. The van der Waals surface area contributed by atoms with E-state index >= 15 is 0 Å². The van der Waals surface area contributed by atoms with Crippen LogP contribution in [0.5, 0.6) is 0 Å². The van der Waals surface area contributed by atoms with Crippen molar-refractivity contribution in [3.63, 3.8) is 0 Å². The number of fused-ring (bicyclic) bond motifs is 2. The maximum Gasteiger partial charge on any atom is -1.00 e. The number of hydrogen-bond donors (Lipinski definition) is 0. The second kappa shape index (κ2) is 9.73. The minimum atomic E-state index is -2.60. The van der Waals surface area contributed by atoms with Gasteiger partial charge in [-0.25, -0.2) is 0 Å². The van der Waals surface area contributed by atoms with E-state index in [-0.39, 0.29) is 35.7 Å². The van der Waals surface area contributed by atoms with E-state index in [1.807, 2.05) is 0 Å². The van der Waals surface area contributed by atoms with E-state index in [1.54, 1.807) is 57.6 Å². The molecule has 2 heterocycles. The van der Waals surface area contributed by atoms with Gasteiger partial charge in [0.1, 0.15) is 0 Å². The SMILES string of the molecule is CC1=Cc2ccccc2[CH]1[Zr+2]1([CH]2C(C)=Cc3c(-c4ccccc4)cccc32)=[Si]2CC[Si]=1CC2.[Cl-].[Cl-]. The Morgan fingerprint density at radius 2 is 1.20 bits per heavy atom. The fourth-order valence-electron chi connectivity index (χ4n) is 8.02. The number of rotatable bonds is 3. The molecule has 2 aliphatic heterocycles. The summed E-state index contributed by atoms with van der Waals surface area (Å²) in [6, 6.07) is 34.5. The molecular weight excluding hydrogens is 579 g/mol. The molecule has 7 rings (SSSR count). The zero-order valence-corrected chi connectivity index (χ0v) is 26.3. The summed E-state index contributed by atoms with van der Waals surface area (Å²) in [5.41, 5.74) is 12.5. The van der Waals surface area contributed by atoms with Crippen molar-refractivity contribution >= 4 is 23.0 Å². The van der Waals surface area contributed by atoms with Crippen LogP contribution in [-0.4, -0.2) is 10.9 Å². The van der Waals surface area contributed by atoms with E-state index in [2.05, 4.69) is 98.8 Å². The molecule has 2 atom stereocenters. The van der Waals surface area contributed by atoms with Gasteiger partial charge in [0.05, 0.1) is 0 Å². The maximum absolute atomic E-state index is 2.63. The first-order valence-electron chi connectivity index (χ1n) is 12.5. The predicted molar refractivity (Wildman–Crippen MR) is 142 cm³/mol. The third kappa shape index (κ3) is 3.60. The Morgan fingerprint density at radius 1 is 0.629 bits per heavy atom. The monoisotopic (exact) mass is 606 g/mol. The molecule has 0 N–H and O–H groups in total. The average molecular weight is 609 g/mol. The predicted octanol–water partition coefficient (Wildman–Crippen LogP) is 2.14. The zero-order valence-electron chi connectivity index (χ0n) is 20.3. The second-order valence-electron chi connectivity index (χ2n) is 10.5. The summed E-state index contributed by atoms with van der Waals surface area (Å²) in [4.78, 5) is 0. The third-order valence-electron chi connectivity index (χ3n) is 9.05. The van der Waals surface area contributed by atoms with E-state index in [1.165, 1.54) is 11.1 Å². The molecule has 35 heavy (non-hydrogen) atoms. The van der Waals surface area contributed by atoms with Gasteiger partial charge < -0.3 is 24.8 Å². The Kier molecular flexibility index (Phi) is 7.14. The van der Waals surface area contributed by atoms with Crippen molar-refractivity contribution in [2.75, 3.05) is 0 Å². The van der Waals surface area contributed by atoms with E-state index < -0.39 is 17.5 Å². The maximum atomic E-state index is 2.63. The summed E-state index contributed by atoms with van der Waals surface area (Å²) in [5, 5.41) is 0. The first-order chi connectivity index (χ1) is 16.2. The summed E-state index contributed by atoms with van der Waals surface area (Å²) < 4.78 is 1.67. The van der Waals surface area contributed by atoms with E-state index in [4.69, 9.17) is 0 Å². The van der Waals surface area contributed by atoms with Crippen LogP contribution in [0.2, 0.25) is 24.2 Å². The van der Waals surface area contributed by atoms with Crippen LogP contribution >= 0.6 is 0 Å². The van der Waals surface area contributed by atoms with Crippen molar-refractivity contribution in [2.45, 2.75) is 45.3 Å². The van der Waals surface area contributed by atoms with Crippen molar-refractivity contribution in [2.24, 2.45) is 0 Å². The summed E-state index contributed by atoms with van der Waals surface area (Å²) in [5.74, 6) is 0. The van der Waals surface area contributed by atoms with Gasteiger partial charge in [-0.2, -0.15) is 0 Å². The molecule has 0 fully saturated rings. The molecule has 0 radical (unpaired) electrons. The van der Waals surface area contributed by atoms with Gasteiger partial charge >= 0.3 is 203 Å². The molecule has 176 valence electrons. The molecule has 0 nitrogen and oxygen atoms in total. The molecule has 2 bridgehead atoms. The molecule has 2 aliphatic carbocycles. The molecule has 0 amide bonds. The molecule has 0 spiro atoms. The van der Waals surface area contributed by atoms with Crippen molar-refractivity contribution in [1.82, 2.24) is 0 Å². The van der Waals surface area contributed by atoms with E-state index in [9.17, 15) is 0 Å². The number of allylic oxidation sites excluding steroid dienone is 2. The van der Waals surface area contributed by atoms with Crippen LogP contribution in [0.25, 0.3) is 23.3 Å². The normalized spacial score (nSPS) is 20.9. The van der Waals surface area contributed by atoms with Crippen molar-refractivity contribution in [1.29, 1.82) is 0 Å². The Labute approximate surface area is 226 Å². The molecule has 3 aromatic rings. The molecule has 4 aliphatic rings. The van der Waals surface area contributed by atoms with Crippen molar-refractivity contribution in [3.05, 3.63) is 106 Å². The van der Waals surface area contributed by atoms with Gasteiger partial charge in [-0.3, -0.25) is 0 Å². The van der Waals surface area contributed by atoms with Crippen molar-refractivity contribution in [3.8, 4) is 11.1 Å². The van der Waals surface area contributed by atoms with Crippen LogP contribution in [0, 0.1) is 0 Å². The number of hydrogen-bond acceptors (Lipinski definition) is 0. The summed E-state index contributed by atoms with van der Waals surface area (Å²) in [7, 11) is 0. The summed E-state index contributed by atoms with van der Waals surface area (Å²) in [6.45, 7) is 5.02. The fraction of sp³-hybridized carbons (Fsp3) is 0.267. The minimum Gasteiger partial charge on any atom is -1.00 e. The van der Waals surface area contributed by atoms with Gasteiger partial charge in [0, 0.05) is 0 Å². The Balaban J connectivity index is 0.00000127. The quantitative estimate of drug-likeness (QED) is 0.400. The number of benzene rings is 3. The molecular formula is C30H30Cl2Si2Zr. The van der Waals surface area contributed by atoms with Crippen LogP contribution in [-0.2, 0) is 17.5 Å². The Morgan fingerprint density at radius 3 is 1.91 bits per heavy atom. The van der Waals surface area contributed by atoms with Gasteiger partial charge in [0.15, 0.2) is 0 Å². The van der Waals surface area contributed by atoms with Crippen LogP contribution in [0.3, 0.4) is 0 Å². The van der Waals surface area contributed by atoms with Gasteiger partial charge in [-0.05, 0) is 0 Å². The van der Waals surface area contributed by atoms with Crippen molar-refractivity contribution < 1.29 is 42.3 Å². The molecule has 3 aromatic carbocycles. The van der Waals surface area contributed by atoms with Crippen LogP contribution < -0.4 is 24.8 Å². The standard InChI is InChI=1S/C16H13.C10H9.C4H8Si2.2ClH.Zr/c1-12-10-14-8-5-9-15(16(14)11-12)13-6-3-2-4-7-13;1-8-6-9-4-2-3-5-10(9)7-8;1-2-6-4-3-5-1;;;/h2-11H,1H3;2-7H,1H3;1-4H2;2*1H;/q;;;;;+2/p-2. The van der Waals surface area contributed by atoms with Gasteiger partial charge in [-0.1, -0.05) is 0 Å². The topological polar surface area (TPSA) is 0 Å². The van der Waals surface area contributed by atoms with Crippen LogP contribution in [0.1, 0.15) is 43.4 Å². The average Bonchev–Trinajstić information content (AvgIpc) is 3.57. The first-order valence-corrected chi connectivity index (χ1v) is 26.6. The number of halogens is 2. The molecule has 0 saturated heterocycles. The van der Waals surface area contributed by atoms with Gasteiger partial charge in [0.2, 0.25) is 0 Å². The third-order valence-corrected chi connectivity index (χ3v) is 68.1. The second-order valence-corrected chi connectivity index (χ2v) is 45.2. The fourth-order valence-corrected chi connectivity index (χ4v) is 91.4. The molecule has 0 saturated carbocycles. The molecule has 2 unspecified atom stereocenters. The van der Waals surface area contributed by atoms with Gasteiger partial charge in [-0.15, -0.1) is 0 Å². The minimum absolute atomic E-state index is 0. The Bertz CT molecular complexity index is 1490. The largest absolute Gasteiger partial charge is 1.00 e.